The van der Waals surface area contributed by atoms with Crippen molar-refractivity contribution in [3.05, 3.63) is 102 Å². The highest BCUT2D eigenvalue weighted by Crippen LogP contribution is 2.46. The Balaban J connectivity index is 1.67. The minimum absolute atomic E-state index is 0.0271. The second-order valence-corrected chi connectivity index (χ2v) is 9.36. The third-order valence-corrected chi connectivity index (χ3v) is 6.80. The first-order valence-corrected chi connectivity index (χ1v) is 12.0. The Hall–Kier alpha value is -4.32. The van der Waals surface area contributed by atoms with E-state index in [4.69, 9.17) is 0 Å². The van der Waals surface area contributed by atoms with Crippen LogP contribution in [-0.4, -0.2) is 44.0 Å². The summed E-state index contributed by atoms with van der Waals surface area (Å²) in [5, 5.41) is 11.1. The Morgan fingerprint density at radius 3 is 2.27 bits per heavy atom. The molecule has 6 nitrogen and oxygen atoms in total. The number of likely N-dealkylation sites (tertiary alicyclic amines) is 1. The highest BCUT2D eigenvalue weighted by atomic mass is 19.4. The molecule has 3 heterocycles. The minimum atomic E-state index is -5.09. The van der Waals surface area contributed by atoms with E-state index in [9.17, 15) is 36.2 Å². The van der Waals surface area contributed by atoms with E-state index in [2.05, 4.69) is 15.0 Å². The van der Waals surface area contributed by atoms with E-state index in [1.165, 1.54) is 24.5 Å². The van der Waals surface area contributed by atoms with E-state index in [0.717, 1.165) is 47.9 Å². The molecule has 1 amide bonds. The van der Waals surface area contributed by atoms with Crippen LogP contribution >= 0.6 is 0 Å². The molecule has 40 heavy (non-hydrogen) atoms. The number of rotatable bonds is 4. The third-order valence-electron chi connectivity index (χ3n) is 6.80. The number of β-amino-alcohol motifs (C(OH)–C–C–N with tert-alkyl or cyclic N) is 1. The van der Waals surface area contributed by atoms with Crippen LogP contribution in [0.5, 0.6) is 0 Å². The standard InChI is InChI=1S/C28H20F6N4O2/c29-27(30,31)19-4-1-3-17(11-19)21-6-7-22(24(28(32,33)34)23(21)18-12-36-16-37-13-18)25(39)38-10-8-26(40,15-38)20-5-2-9-35-14-20/h1-7,9,11-14,16,40H,8,10,15H2. The molecule has 2 aromatic carbocycles. The normalized spacial score (nSPS) is 17.7. The van der Waals surface area contributed by atoms with Crippen molar-refractivity contribution >= 4 is 5.91 Å². The molecule has 1 unspecified atom stereocenters. The monoisotopic (exact) mass is 558 g/mol. The van der Waals surface area contributed by atoms with Gasteiger partial charge in [-0.2, -0.15) is 26.3 Å². The van der Waals surface area contributed by atoms with Gasteiger partial charge in [0.1, 0.15) is 11.9 Å². The predicted octanol–water partition coefficient (Wildman–Crippen LogP) is 5.98. The average Bonchev–Trinajstić information content (AvgIpc) is 3.35. The van der Waals surface area contributed by atoms with Crippen LogP contribution in [0, 0.1) is 0 Å². The van der Waals surface area contributed by atoms with Crippen molar-refractivity contribution < 1.29 is 36.2 Å². The number of pyridine rings is 1. The molecule has 1 saturated heterocycles. The highest BCUT2D eigenvalue weighted by Gasteiger charge is 2.44. The third kappa shape index (κ3) is 5.14. The van der Waals surface area contributed by atoms with Gasteiger partial charge in [0.05, 0.1) is 23.2 Å². The van der Waals surface area contributed by atoms with Gasteiger partial charge in [-0.25, -0.2) is 9.97 Å². The number of halogens is 6. The van der Waals surface area contributed by atoms with Gasteiger partial charge in [0.15, 0.2) is 0 Å². The number of carbonyl (C=O) groups excluding carboxylic acids is 1. The maximum absolute atomic E-state index is 14.8. The zero-order valence-electron chi connectivity index (χ0n) is 20.5. The number of aromatic nitrogens is 3. The van der Waals surface area contributed by atoms with E-state index >= 15 is 0 Å². The van der Waals surface area contributed by atoms with Gasteiger partial charge in [-0.15, -0.1) is 0 Å². The molecule has 0 spiro atoms. The number of aliphatic hydroxyl groups is 1. The lowest BCUT2D eigenvalue weighted by Gasteiger charge is -2.26. The Morgan fingerprint density at radius 1 is 0.875 bits per heavy atom. The van der Waals surface area contributed by atoms with Crippen molar-refractivity contribution in [2.45, 2.75) is 24.4 Å². The van der Waals surface area contributed by atoms with Crippen LogP contribution in [0.25, 0.3) is 22.3 Å². The highest BCUT2D eigenvalue weighted by molar-refractivity contribution is 6.01. The van der Waals surface area contributed by atoms with Crippen molar-refractivity contribution in [2.24, 2.45) is 0 Å². The lowest BCUT2D eigenvalue weighted by atomic mass is 9.87. The fraction of sp³-hybridized carbons (Fsp3) is 0.214. The lowest BCUT2D eigenvalue weighted by molar-refractivity contribution is -0.138. The Kier molecular flexibility index (Phi) is 6.82. The summed E-state index contributed by atoms with van der Waals surface area (Å²) in [7, 11) is 0. The molecule has 1 N–H and O–H groups in total. The van der Waals surface area contributed by atoms with E-state index in [-0.39, 0.29) is 36.2 Å². The smallest absolute Gasteiger partial charge is 0.383 e. The number of carbonyl (C=O) groups is 1. The van der Waals surface area contributed by atoms with E-state index in [1.807, 2.05) is 0 Å². The van der Waals surface area contributed by atoms with E-state index in [0.29, 0.717) is 5.56 Å². The molecule has 0 saturated carbocycles. The summed E-state index contributed by atoms with van der Waals surface area (Å²) < 4.78 is 84.6. The maximum atomic E-state index is 14.8. The molecule has 1 aliphatic heterocycles. The molecular formula is C28H20F6N4O2. The summed E-state index contributed by atoms with van der Waals surface area (Å²) in [6.07, 6.45) is -3.52. The number of benzene rings is 2. The summed E-state index contributed by atoms with van der Waals surface area (Å²) in [5.41, 5.74) is -5.15. The molecule has 206 valence electrons. The van der Waals surface area contributed by atoms with Crippen molar-refractivity contribution in [3.63, 3.8) is 0 Å². The number of amides is 1. The summed E-state index contributed by atoms with van der Waals surface area (Å²) in [4.78, 5) is 26.2. The van der Waals surface area contributed by atoms with Gasteiger partial charge in [0, 0.05) is 48.0 Å². The van der Waals surface area contributed by atoms with E-state index in [1.54, 1.807) is 12.1 Å². The van der Waals surface area contributed by atoms with Gasteiger partial charge in [0.25, 0.3) is 5.91 Å². The predicted molar refractivity (Wildman–Crippen MR) is 132 cm³/mol. The molecule has 0 aliphatic carbocycles. The summed E-state index contributed by atoms with van der Waals surface area (Å²) in [6.45, 7) is -0.297. The molecular weight excluding hydrogens is 538 g/mol. The number of hydrogen-bond donors (Lipinski definition) is 1. The summed E-state index contributed by atoms with van der Waals surface area (Å²) >= 11 is 0. The largest absolute Gasteiger partial charge is 0.417 e. The van der Waals surface area contributed by atoms with Crippen molar-refractivity contribution in [1.82, 2.24) is 19.9 Å². The quantitative estimate of drug-likeness (QED) is 0.312. The second kappa shape index (κ2) is 10.0. The summed E-state index contributed by atoms with van der Waals surface area (Å²) in [5.74, 6) is -0.985. The average molecular weight is 558 g/mol. The van der Waals surface area contributed by atoms with Crippen LogP contribution in [0.2, 0.25) is 0 Å². The summed E-state index contributed by atoms with van der Waals surface area (Å²) in [6, 6.07) is 9.26. The number of nitrogens with zero attached hydrogens (tertiary/aromatic N) is 4. The topological polar surface area (TPSA) is 79.2 Å². The van der Waals surface area contributed by atoms with Crippen molar-refractivity contribution in [2.75, 3.05) is 13.1 Å². The Bertz CT molecular complexity index is 1540. The SMILES string of the molecule is O=C(c1ccc(-c2cccc(C(F)(F)F)c2)c(-c2cncnc2)c1C(F)(F)F)N1CCC(O)(c2cccnc2)C1. The first-order chi connectivity index (χ1) is 18.9. The minimum Gasteiger partial charge on any atom is -0.383 e. The number of hydrogen-bond acceptors (Lipinski definition) is 5. The molecule has 2 aromatic heterocycles. The molecule has 1 fully saturated rings. The maximum Gasteiger partial charge on any atom is 0.417 e. The Morgan fingerprint density at radius 2 is 1.62 bits per heavy atom. The Labute approximate surface area is 224 Å². The van der Waals surface area contributed by atoms with Crippen molar-refractivity contribution in [3.8, 4) is 22.3 Å². The molecule has 5 rings (SSSR count). The second-order valence-electron chi connectivity index (χ2n) is 9.36. The van der Waals surface area contributed by atoms with E-state index < -0.39 is 46.1 Å². The van der Waals surface area contributed by atoms with Gasteiger partial charge >= 0.3 is 12.4 Å². The lowest BCUT2D eigenvalue weighted by Crippen LogP contribution is -2.35. The molecule has 4 aromatic rings. The zero-order chi connectivity index (χ0) is 28.7. The fourth-order valence-electron chi connectivity index (χ4n) is 4.92. The zero-order valence-corrected chi connectivity index (χ0v) is 20.5. The van der Waals surface area contributed by atoms with Gasteiger partial charge < -0.3 is 10.0 Å². The molecule has 1 aliphatic rings. The molecule has 0 radical (unpaired) electrons. The van der Waals surface area contributed by atoms with Gasteiger partial charge in [0.2, 0.25) is 0 Å². The van der Waals surface area contributed by atoms with Crippen LogP contribution < -0.4 is 0 Å². The van der Waals surface area contributed by atoms with Crippen molar-refractivity contribution in [1.29, 1.82) is 0 Å². The van der Waals surface area contributed by atoms with Crippen LogP contribution in [-0.2, 0) is 18.0 Å². The fourth-order valence-corrected chi connectivity index (χ4v) is 4.92. The molecule has 0 bridgehead atoms. The van der Waals surface area contributed by atoms with Gasteiger partial charge in [-0.1, -0.05) is 24.3 Å². The number of alkyl halides is 6. The van der Waals surface area contributed by atoms with Gasteiger partial charge in [-0.05, 0) is 41.8 Å². The van der Waals surface area contributed by atoms with Crippen LogP contribution in [0.1, 0.15) is 33.5 Å². The van der Waals surface area contributed by atoms with Crippen LogP contribution in [0.3, 0.4) is 0 Å². The van der Waals surface area contributed by atoms with Gasteiger partial charge in [-0.3, -0.25) is 9.78 Å². The van der Waals surface area contributed by atoms with Crippen LogP contribution in [0.4, 0.5) is 26.3 Å². The first kappa shape index (κ1) is 27.3. The molecule has 12 heteroatoms. The molecule has 1 atom stereocenters. The first-order valence-electron chi connectivity index (χ1n) is 12.0. The van der Waals surface area contributed by atoms with Crippen LogP contribution in [0.15, 0.2) is 79.6 Å².